The first kappa shape index (κ1) is 20.2. The summed E-state index contributed by atoms with van der Waals surface area (Å²) < 4.78 is 5.42. The smallest absolute Gasteiger partial charge is 0.410 e. The Morgan fingerprint density at radius 3 is 2.31 bits per heavy atom. The molecule has 1 amide bonds. The van der Waals surface area contributed by atoms with Crippen molar-refractivity contribution < 1.29 is 19.4 Å². The number of carboxylic acid groups (broad SMARTS) is 1. The number of rotatable bonds is 6. The Morgan fingerprint density at radius 2 is 1.77 bits per heavy atom. The monoisotopic (exact) mass is 362 g/mol. The molecular formula is C20H30N2O4. The fourth-order valence-corrected chi connectivity index (χ4v) is 3.87. The molecule has 1 aromatic carbocycles. The number of likely N-dealkylation sites (tertiary alicyclic amines) is 1. The average molecular weight is 362 g/mol. The summed E-state index contributed by atoms with van der Waals surface area (Å²) in [6, 6.07) is 10.0. The number of aliphatic carboxylic acids is 1. The number of nitrogens with zero attached hydrogens (tertiary/aromatic N) is 2. The van der Waals surface area contributed by atoms with Gasteiger partial charge in [0, 0.05) is 31.2 Å². The van der Waals surface area contributed by atoms with Crippen molar-refractivity contribution in [3.63, 3.8) is 0 Å². The van der Waals surface area contributed by atoms with Crippen LogP contribution in [0.5, 0.6) is 0 Å². The van der Waals surface area contributed by atoms with Crippen LogP contribution >= 0.6 is 0 Å². The Kier molecular flexibility index (Phi) is 7.03. The Bertz CT molecular complexity index is 595. The number of piperidine rings is 1. The minimum Gasteiger partial charge on any atom is -0.481 e. The van der Waals surface area contributed by atoms with Crippen molar-refractivity contribution in [2.75, 3.05) is 13.1 Å². The first-order chi connectivity index (χ1) is 12.3. The minimum absolute atomic E-state index is 0.00845. The molecule has 2 rings (SSSR count). The summed E-state index contributed by atoms with van der Waals surface area (Å²) in [6.07, 6.45) is 0.103. The van der Waals surface area contributed by atoms with Gasteiger partial charge < -0.3 is 14.7 Å². The van der Waals surface area contributed by atoms with Crippen LogP contribution < -0.4 is 0 Å². The molecule has 1 saturated heterocycles. The number of carboxylic acids is 1. The maximum absolute atomic E-state index is 12.5. The second-order valence-electron chi connectivity index (χ2n) is 7.50. The van der Waals surface area contributed by atoms with Gasteiger partial charge in [-0.25, -0.2) is 4.79 Å². The Balaban J connectivity index is 2.08. The summed E-state index contributed by atoms with van der Waals surface area (Å²) in [5.74, 6) is -1.43. The normalized spacial score (nSPS) is 20.7. The van der Waals surface area contributed by atoms with Gasteiger partial charge in [0.2, 0.25) is 0 Å². The molecule has 1 aliphatic rings. The molecule has 26 heavy (non-hydrogen) atoms. The number of carbonyl (C=O) groups is 2. The van der Waals surface area contributed by atoms with Gasteiger partial charge in [-0.2, -0.15) is 0 Å². The average Bonchev–Trinajstić information content (AvgIpc) is 2.59. The fourth-order valence-electron chi connectivity index (χ4n) is 3.87. The number of hydrogen-bond acceptors (Lipinski definition) is 4. The van der Waals surface area contributed by atoms with Gasteiger partial charge in [-0.3, -0.25) is 9.69 Å². The van der Waals surface area contributed by atoms with Crippen molar-refractivity contribution in [3.8, 4) is 0 Å². The van der Waals surface area contributed by atoms with E-state index in [2.05, 4.69) is 32.6 Å². The first-order valence-electron chi connectivity index (χ1n) is 9.25. The van der Waals surface area contributed by atoms with Crippen LogP contribution in [0.25, 0.3) is 0 Å². The topological polar surface area (TPSA) is 70.1 Å². The third-order valence-corrected chi connectivity index (χ3v) is 4.86. The number of benzene rings is 1. The number of amides is 1. The Hall–Kier alpha value is -2.08. The standard InChI is InChI=1S/C20H30N2O4/c1-14(2)22(15(3)4)18-10-17(19(23)24)11-21(12-18)20(25)26-13-16-8-6-5-7-9-16/h5-9,14-15,17-18H,10-13H2,1-4H3,(H,23,24)/t17-,18+/m0/s1. The first-order valence-corrected chi connectivity index (χ1v) is 9.25. The van der Waals surface area contributed by atoms with Gasteiger partial charge in [0.05, 0.1) is 5.92 Å². The molecule has 1 heterocycles. The van der Waals surface area contributed by atoms with Crippen LogP contribution in [0.4, 0.5) is 4.79 Å². The molecule has 6 heteroatoms. The maximum Gasteiger partial charge on any atom is 0.410 e. The highest BCUT2D eigenvalue weighted by Gasteiger charge is 2.38. The number of ether oxygens (including phenoxy) is 1. The Morgan fingerprint density at radius 1 is 1.15 bits per heavy atom. The zero-order valence-electron chi connectivity index (χ0n) is 16.1. The lowest BCUT2D eigenvalue weighted by Crippen LogP contribution is -2.57. The summed E-state index contributed by atoms with van der Waals surface area (Å²) in [5.41, 5.74) is 0.912. The van der Waals surface area contributed by atoms with E-state index in [0.717, 1.165) is 5.56 Å². The summed E-state index contributed by atoms with van der Waals surface area (Å²) >= 11 is 0. The van der Waals surface area contributed by atoms with E-state index in [1.807, 2.05) is 30.3 Å². The van der Waals surface area contributed by atoms with Crippen molar-refractivity contribution in [1.82, 2.24) is 9.80 Å². The van der Waals surface area contributed by atoms with Crippen molar-refractivity contribution in [1.29, 1.82) is 0 Å². The predicted molar refractivity (Wildman–Crippen MR) is 99.8 cm³/mol. The second-order valence-corrected chi connectivity index (χ2v) is 7.50. The highest BCUT2D eigenvalue weighted by atomic mass is 16.6. The van der Waals surface area contributed by atoms with E-state index in [1.165, 1.54) is 0 Å². The summed E-state index contributed by atoms with van der Waals surface area (Å²) in [4.78, 5) is 28.0. The molecule has 2 atom stereocenters. The van der Waals surface area contributed by atoms with E-state index >= 15 is 0 Å². The van der Waals surface area contributed by atoms with Crippen LogP contribution in [0.1, 0.15) is 39.7 Å². The zero-order chi connectivity index (χ0) is 19.3. The highest BCUT2D eigenvalue weighted by molar-refractivity contribution is 5.73. The van der Waals surface area contributed by atoms with Crippen molar-refractivity contribution in [3.05, 3.63) is 35.9 Å². The van der Waals surface area contributed by atoms with Crippen LogP contribution in [0.3, 0.4) is 0 Å². The SMILES string of the molecule is CC(C)N(C(C)C)[C@@H]1C[C@H](C(=O)O)CN(C(=O)OCc2ccccc2)C1. The predicted octanol–water partition coefficient (Wildman–Crippen LogP) is 3.22. The lowest BCUT2D eigenvalue weighted by atomic mass is 9.92. The second kappa shape index (κ2) is 9.03. The number of carbonyl (C=O) groups excluding carboxylic acids is 1. The van der Waals surface area contributed by atoms with Crippen molar-refractivity contribution in [2.24, 2.45) is 5.92 Å². The molecule has 0 aliphatic carbocycles. The van der Waals surface area contributed by atoms with E-state index in [1.54, 1.807) is 4.90 Å². The molecule has 1 aromatic rings. The Labute approximate surface area is 155 Å². The van der Waals surface area contributed by atoms with Gasteiger partial charge >= 0.3 is 12.1 Å². The van der Waals surface area contributed by atoms with E-state index in [-0.39, 0.29) is 31.3 Å². The van der Waals surface area contributed by atoms with Crippen LogP contribution in [0, 0.1) is 5.92 Å². The van der Waals surface area contributed by atoms with Gasteiger partial charge in [0.15, 0.2) is 0 Å². The van der Waals surface area contributed by atoms with Gasteiger partial charge in [0.1, 0.15) is 6.61 Å². The molecule has 0 radical (unpaired) electrons. The number of hydrogen-bond donors (Lipinski definition) is 1. The van der Waals surface area contributed by atoms with Crippen LogP contribution in [-0.2, 0) is 16.1 Å². The van der Waals surface area contributed by atoms with Crippen LogP contribution in [-0.4, -0.2) is 58.2 Å². The molecule has 6 nitrogen and oxygen atoms in total. The van der Waals surface area contributed by atoms with Crippen LogP contribution in [0.2, 0.25) is 0 Å². The lowest BCUT2D eigenvalue weighted by molar-refractivity contribution is -0.144. The molecule has 144 valence electrons. The zero-order valence-corrected chi connectivity index (χ0v) is 16.1. The van der Waals surface area contributed by atoms with E-state index in [0.29, 0.717) is 13.0 Å². The largest absolute Gasteiger partial charge is 0.481 e. The molecule has 0 saturated carbocycles. The van der Waals surface area contributed by atoms with E-state index in [4.69, 9.17) is 4.74 Å². The van der Waals surface area contributed by atoms with Gasteiger partial charge in [-0.15, -0.1) is 0 Å². The molecule has 1 aliphatic heterocycles. The van der Waals surface area contributed by atoms with Gasteiger partial charge in [-0.05, 0) is 39.7 Å². The summed E-state index contributed by atoms with van der Waals surface area (Å²) in [6.45, 7) is 9.28. The molecule has 0 unspecified atom stereocenters. The van der Waals surface area contributed by atoms with Crippen LogP contribution in [0.15, 0.2) is 30.3 Å². The van der Waals surface area contributed by atoms with Gasteiger partial charge in [0.25, 0.3) is 0 Å². The summed E-state index contributed by atoms with van der Waals surface area (Å²) in [7, 11) is 0. The third-order valence-electron chi connectivity index (χ3n) is 4.86. The molecular weight excluding hydrogens is 332 g/mol. The van der Waals surface area contributed by atoms with E-state index < -0.39 is 18.0 Å². The van der Waals surface area contributed by atoms with Gasteiger partial charge in [-0.1, -0.05) is 30.3 Å². The highest BCUT2D eigenvalue weighted by Crippen LogP contribution is 2.25. The maximum atomic E-state index is 12.5. The molecule has 1 fully saturated rings. The molecule has 1 N–H and O–H groups in total. The van der Waals surface area contributed by atoms with Crippen molar-refractivity contribution >= 4 is 12.1 Å². The minimum atomic E-state index is -0.858. The third kappa shape index (κ3) is 5.21. The lowest BCUT2D eigenvalue weighted by Gasteiger charge is -2.44. The quantitative estimate of drug-likeness (QED) is 0.841. The molecule has 0 spiro atoms. The van der Waals surface area contributed by atoms with E-state index in [9.17, 15) is 14.7 Å². The van der Waals surface area contributed by atoms with Crippen molar-refractivity contribution in [2.45, 2.75) is 58.8 Å². The fraction of sp³-hybridized carbons (Fsp3) is 0.600. The summed E-state index contributed by atoms with van der Waals surface area (Å²) in [5, 5.41) is 9.53. The molecule has 0 aromatic heterocycles. The molecule has 0 bridgehead atoms.